The standard InChI is InChI=1S/C44H51ClFN7O6/c1-43(2)41(44(3,4)42(43)59-30-11-9-27(24-47)32(45)22-30)53-37(54)14-12-34(40(53)57)52-26-29-21-35(33(46)23-31(29)39(52)56)58-20-8-6-5-7-15-50-16-18-51(19-17-50)36-13-10-28(25-49-36)38(48)55/h9-11,13,21-23,25,34,41-42H,5-8,12,14-20,26H2,1-4H3,(H2,48,55). The van der Waals surface area contributed by atoms with E-state index in [4.69, 9.17) is 26.8 Å². The van der Waals surface area contributed by atoms with Crippen molar-refractivity contribution in [2.75, 3.05) is 44.2 Å². The van der Waals surface area contributed by atoms with Gasteiger partial charge in [-0.25, -0.2) is 9.37 Å². The molecule has 3 aliphatic heterocycles. The number of halogens is 2. The zero-order chi connectivity index (χ0) is 42.2. The van der Waals surface area contributed by atoms with Crippen molar-refractivity contribution in [2.24, 2.45) is 16.6 Å². The molecular weight excluding hydrogens is 777 g/mol. The molecule has 3 fully saturated rings. The summed E-state index contributed by atoms with van der Waals surface area (Å²) in [4.78, 5) is 64.6. The molecule has 3 aromatic rings. The summed E-state index contributed by atoms with van der Waals surface area (Å²) in [6, 6.07) is 11.8. The zero-order valence-corrected chi connectivity index (χ0v) is 34.8. The predicted molar refractivity (Wildman–Crippen MR) is 218 cm³/mol. The highest BCUT2D eigenvalue weighted by Crippen LogP contribution is 2.58. The number of carbonyl (C=O) groups excluding carboxylic acids is 4. The molecule has 2 saturated heterocycles. The number of hydrogen-bond acceptors (Lipinski definition) is 10. The van der Waals surface area contributed by atoms with Crippen molar-refractivity contribution in [2.45, 2.75) is 91.0 Å². The Balaban J connectivity index is 0.884. The largest absolute Gasteiger partial charge is 0.491 e. The van der Waals surface area contributed by atoms with Gasteiger partial charge in [-0.1, -0.05) is 52.1 Å². The minimum absolute atomic E-state index is 0.0781. The fourth-order valence-corrected chi connectivity index (χ4v) is 10.0. The third-order valence-corrected chi connectivity index (χ3v) is 12.8. The molecule has 1 aromatic heterocycles. The summed E-state index contributed by atoms with van der Waals surface area (Å²) in [5, 5.41) is 9.53. The molecule has 1 unspecified atom stereocenters. The van der Waals surface area contributed by atoms with Crippen LogP contribution in [0.2, 0.25) is 5.02 Å². The van der Waals surface area contributed by atoms with Gasteiger partial charge in [0, 0.05) is 67.8 Å². The number of nitrogens with two attached hydrogens (primary N) is 1. The SMILES string of the molecule is CC1(C)C(Oc2ccc(C#N)c(Cl)c2)C(C)(C)C1N1C(=O)CCC(N2Cc3cc(OCCCCCCN4CCN(c5ccc(C(N)=O)cn5)CC4)c(F)cc3C2=O)C1=O. The van der Waals surface area contributed by atoms with E-state index in [-0.39, 0.29) is 41.6 Å². The second-order valence-electron chi connectivity index (χ2n) is 17.2. The van der Waals surface area contributed by atoms with Crippen LogP contribution in [0.25, 0.3) is 0 Å². The smallest absolute Gasteiger partial charge is 0.255 e. The van der Waals surface area contributed by atoms with Gasteiger partial charge in [-0.3, -0.25) is 29.0 Å². The summed E-state index contributed by atoms with van der Waals surface area (Å²) in [5.41, 5.74) is 5.50. The maximum atomic E-state index is 15.3. The average molecular weight is 828 g/mol. The number of nitrogens with zero attached hydrogens (tertiary/aromatic N) is 6. The number of ether oxygens (including phenoxy) is 2. The molecule has 2 aromatic carbocycles. The number of primary amides is 1. The van der Waals surface area contributed by atoms with E-state index in [0.717, 1.165) is 64.2 Å². The lowest BCUT2D eigenvalue weighted by Crippen LogP contribution is -2.77. The maximum Gasteiger partial charge on any atom is 0.255 e. The number of benzene rings is 2. The maximum absolute atomic E-state index is 15.3. The Hall–Kier alpha value is -5.26. The molecule has 1 saturated carbocycles. The minimum Gasteiger partial charge on any atom is -0.491 e. The second-order valence-corrected chi connectivity index (χ2v) is 17.6. The van der Waals surface area contributed by atoms with Gasteiger partial charge in [0.15, 0.2) is 11.6 Å². The van der Waals surface area contributed by atoms with E-state index in [0.29, 0.717) is 29.0 Å². The molecule has 312 valence electrons. The molecule has 4 aliphatic rings. The quantitative estimate of drug-likeness (QED) is 0.152. The number of anilines is 1. The summed E-state index contributed by atoms with van der Waals surface area (Å²) in [6.07, 6.45) is 5.11. The van der Waals surface area contributed by atoms with Crippen molar-refractivity contribution in [1.82, 2.24) is 19.7 Å². The molecule has 13 nitrogen and oxygen atoms in total. The van der Waals surface area contributed by atoms with Gasteiger partial charge in [-0.15, -0.1) is 0 Å². The Morgan fingerprint density at radius 1 is 1.00 bits per heavy atom. The van der Waals surface area contributed by atoms with Gasteiger partial charge in [0.1, 0.15) is 29.8 Å². The Labute approximate surface area is 349 Å². The van der Waals surface area contributed by atoms with Crippen LogP contribution >= 0.6 is 11.6 Å². The fraction of sp³-hybridized carbons (Fsp3) is 0.500. The zero-order valence-electron chi connectivity index (χ0n) is 34.0. The first kappa shape index (κ1) is 41.9. The van der Waals surface area contributed by atoms with Crippen molar-refractivity contribution >= 4 is 41.0 Å². The number of piperidine rings is 1. The normalized spacial score (nSPS) is 22.5. The van der Waals surface area contributed by atoms with E-state index < -0.39 is 52.6 Å². The predicted octanol–water partition coefficient (Wildman–Crippen LogP) is 5.96. The minimum atomic E-state index is -0.883. The first-order valence-electron chi connectivity index (χ1n) is 20.3. The molecule has 7 rings (SSSR count). The topological polar surface area (TPSA) is 162 Å². The molecule has 59 heavy (non-hydrogen) atoms. The van der Waals surface area contributed by atoms with Crippen LogP contribution in [-0.4, -0.2) is 101 Å². The summed E-state index contributed by atoms with van der Waals surface area (Å²) >= 11 is 6.26. The highest BCUT2D eigenvalue weighted by molar-refractivity contribution is 6.31. The van der Waals surface area contributed by atoms with E-state index in [1.54, 1.807) is 30.3 Å². The van der Waals surface area contributed by atoms with E-state index >= 15 is 4.39 Å². The number of pyridine rings is 1. The number of aromatic nitrogens is 1. The lowest BCUT2D eigenvalue weighted by atomic mass is 9.48. The van der Waals surface area contributed by atoms with Gasteiger partial charge in [-0.2, -0.15) is 5.26 Å². The van der Waals surface area contributed by atoms with Crippen LogP contribution in [0.5, 0.6) is 11.5 Å². The molecule has 0 radical (unpaired) electrons. The van der Waals surface area contributed by atoms with Gasteiger partial charge in [0.05, 0.1) is 28.8 Å². The number of nitriles is 1. The number of amides is 4. The Kier molecular flexibility index (Phi) is 11.9. The monoisotopic (exact) mass is 827 g/mol. The summed E-state index contributed by atoms with van der Waals surface area (Å²) < 4.78 is 27.6. The molecule has 1 atom stereocenters. The molecule has 0 bridgehead atoms. The van der Waals surface area contributed by atoms with Crippen LogP contribution in [0.15, 0.2) is 48.7 Å². The summed E-state index contributed by atoms with van der Waals surface area (Å²) in [6.45, 7) is 12.8. The third kappa shape index (κ3) is 8.19. The van der Waals surface area contributed by atoms with E-state index in [9.17, 15) is 24.4 Å². The molecule has 2 N–H and O–H groups in total. The molecule has 1 aliphatic carbocycles. The van der Waals surface area contributed by atoms with Crippen LogP contribution in [0.1, 0.15) is 98.1 Å². The molecule has 15 heteroatoms. The highest BCUT2D eigenvalue weighted by Gasteiger charge is 2.68. The first-order chi connectivity index (χ1) is 28.1. The van der Waals surface area contributed by atoms with Gasteiger partial charge >= 0.3 is 0 Å². The van der Waals surface area contributed by atoms with E-state index in [1.807, 2.05) is 39.8 Å². The number of piperazine rings is 1. The summed E-state index contributed by atoms with van der Waals surface area (Å²) in [7, 11) is 0. The Morgan fingerprint density at radius 3 is 2.39 bits per heavy atom. The lowest BCUT2D eigenvalue weighted by Gasteiger charge is -2.66. The number of rotatable bonds is 14. The number of hydrogen-bond donors (Lipinski definition) is 1. The number of fused-ring (bicyclic) bond motifs is 1. The fourth-order valence-electron chi connectivity index (χ4n) is 9.81. The number of unbranched alkanes of at least 4 members (excludes halogenated alkanes) is 3. The van der Waals surface area contributed by atoms with Gasteiger partial charge < -0.3 is 25.0 Å². The van der Waals surface area contributed by atoms with Crippen LogP contribution in [0.4, 0.5) is 10.2 Å². The van der Waals surface area contributed by atoms with Crippen molar-refractivity contribution in [1.29, 1.82) is 5.26 Å². The van der Waals surface area contributed by atoms with Crippen LogP contribution in [0.3, 0.4) is 0 Å². The molecular formula is C44H51ClFN7O6. The Bertz CT molecular complexity index is 2150. The van der Waals surface area contributed by atoms with E-state index in [2.05, 4.69) is 14.8 Å². The van der Waals surface area contributed by atoms with Gasteiger partial charge in [-0.05, 0) is 67.8 Å². The van der Waals surface area contributed by atoms with Crippen molar-refractivity contribution in [3.63, 3.8) is 0 Å². The van der Waals surface area contributed by atoms with Gasteiger partial charge in [0.2, 0.25) is 11.8 Å². The number of imide groups is 1. The first-order valence-corrected chi connectivity index (χ1v) is 20.7. The van der Waals surface area contributed by atoms with Crippen molar-refractivity contribution in [3.8, 4) is 17.6 Å². The summed E-state index contributed by atoms with van der Waals surface area (Å²) in [5.74, 6) is -0.904. The van der Waals surface area contributed by atoms with Crippen molar-refractivity contribution < 1.29 is 33.0 Å². The number of carbonyl (C=O) groups is 4. The molecule has 0 spiro atoms. The van der Waals surface area contributed by atoms with E-state index in [1.165, 1.54) is 22.1 Å². The molecule has 4 amide bonds. The number of likely N-dealkylation sites (tertiary alicyclic amines) is 1. The Morgan fingerprint density at radius 2 is 1.73 bits per heavy atom. The third-order valence-electron chi connectivity index (χ3n) is 12.5. The van der Waals surface area contributed by atoms with Crippen LogP contribution < -0.4 is 20.1 Å². The lowest BCUT2D eigenvalue weighted by molar-refractivity contribution is -0.216. The van der Waals surface area contributed by atoms with Crippen LogP contribution in [0, 0.1) is 28.0 Å². The van der Waals surface area contributed by atoms with Crippen molar-refractivity contribution in [3.05, 3.63) is 81.8 Å². The second kappa shape index (κ2) is 16.8. The van der Waals surface area contributed by atoms with Gasteiger partial charge in [0.25, 0.3) is 11.8 Å². The highest BCUT2D eigenvalue weighted by atomic mass is 35.5. The van der Waals surface area contributed by atoms with Crippen LogP contribution in [-0.2, 0) is 16.1 Å². The molecule has 4 heterocycles. The average Bonchev–Trinajstić information content (AvgIpc) is 3.52.